The van der Waals surface area contributed by atoms with E-state index < -0.39 is 5.97 Å². The number of carbonyl (C=O) groups excluding carboxylic acids is 1. The first-order chi connectivity index (χ1) is 7.45. The first kappa shape index (κ1) is 13.3. The minimum Gasteiger partial charge on any atom is -0.459 e. The molecule has 0 fully saturated rings. The van der Waals surface area contributed by atoms with Gasteiger partial charge in [-0.25, -0.2) is 14.8 Å². The van der Waals surface area contributed by atoms with Gasteiger partial charge in [0.2, 0.25) is 0 Å². The third-order valence-corrected chi connectivity index (χ3v) is 2.64. The monoisotopic (exact) mass is 260 g/mol. The molecule has 0 bridgehead atoms. The molecule has 0 amide bonds. The van der Waals surface area contributed by atoms with Crippen molar-refractivity contribution in [3.63, 3.8) is 0 Å². The number of esters is 1. The lowest BCUT2D eigenvalue weighted by atomic mass is 10.3. The van der Waals surface area contributed by atoms with E-state index in [2.05, 4.69) is 9.97 Å². The van der Waals surface area contributed by atoms with E-state index >= 15 is 0 Å². The Balaban J connectivity index is 3.16. The highest BCUT2D eigenvalue weighted by atomic mass is 35.5. The molecule has 0 atom stereocenters. The van der Waals surface area contributed by atoms with Crippen LogP contribution in [0, 0.1) is 6.92 Å². The van der Waals surface area contributed by atoms with E-state index in [1.807, 2.05) is 6.26 Å². The van der Waals surface area contributed by atoms with Crippen LogP contribution >= 0.6 is 23.4 Å². The zero-order chi connectivity index (χ0) is 12.3. The maximum Gasteiger partial charge on any atom is 0.344 e. The van der Waals surface area contributed by atoms with Gasteiger partial charge in [0.25, 0.3) is 0 Å². The second-order valence-corrected chi connectivity index (χ2v) is 4.55. The molecule has 6 heteroatoms. The van der Waals surface area contributed by atoms with Gasteiger partial charge in [0, 0.05) is 0 Å². The molecule has 0 aliphatic carbocycles. The van der Waals surface area contributed by atoms with Crippen molar-refractivity contribution in [2.24, 2.45) is 0 Å². The van der Waals surface area contributed by atoms with Crippen molar-refractivity contribution >= 4 is 29.3 Å². The van der Waals surface area contributed by atoms with Crippen molar-refractivity contribution in [1.29, 1.82) is 0 Å². The predicted molar refractivity (Wildman–Crippen MR) is 64.1 cm³/mol. The molecule has 0 aliphatic rings. The average molecular weight is 261 g/mol. The van der Waals surface area contributed by atoms with Gasteiger partial charge in [-0.05, 0) is 27.0 Å². The summed E-state index contributed by atoms with van der Waals surface area (Å²) in [6, 6.07) is 0. The Hall–Kier alpha value is -0.810. The van der Waals surface area contributed by atoms with Gasteiger partial charge in [-0.3, -0.25) is 0 Å². The van der Waals surface area contributed by atoms with Gasteiger partial charge in [0.05, 0.1) is 6.10 Å². The van der Waals surface area contributed by atoms with Crippen molar-refractivity contribution in [2.45, 2.75) is 31.9 Å². The van der Waals surface area contributed by atoms with Crippen molar-refractivity contribution in [1.82, 2.24) is 9.97 Å². The van der Waals surface area contributed by atoms with Gasteiger partial charge < -0.3 is 4.74 Å². The zero-order valence-corrected chi connectivity index (χ0v) is 11.1. The number of halogens is 1. The van der Waals surface area contributed by atoms with Crippen LogP contribution in [-0.2, 0) is 4.74 Å². The van der Waals surface area contributed by atoms with Crippen molar-refractivity contribution in [3.05, 3.63) is 16.5 Å². The smallest absolute Gasteiger partial charge is 0.344 e. The van der Waals surface area contributed by atoms with Crippen LogP contribution in [0.25, 0.3) is 0 Å². The second-order valence-electron chi connectivity index (χ2n) is 3.40. The van der Waals surface area contributed by atoms with Crippen LogP contribution < -0.4 is 0 Å². The van der Waals surface area contributed by atoms with Crippen molar-refractivity contribution in [3.8, 4) is 0 Å². The Morgan fingerprint density at radius 3 is 2.56 bits per heavy atom. The summed E-state index contributed by atoms with van der Waals surface area (Å²) in [7, 11) is 0. The number of hydrogen-bond donors (Lipinski definition) is 0. The Labute approximate surface area is 104 Å². The fourth-order valence-corrected chi connectivity index (χ4v) is 2.06. The third kappa shape index (κ3) is 3.09. The molecule has 1 rings (SSSR count). The molecule has 1 heterocycles. The van der Waals surface area contributed by atoms with Gasteiger partial charge in [0.1, 0.15) is 21.6 Å². The molecule has 0 aromatic carbocycles. The van der Waals surface area contributed by atoms with Crippen LogP contribution in [0.4, 0.5) is 0 Å². The number of aromatic nitrogens is 2. The summed E-state index contributed by atoms with van der Waals surface area (Å²) in [5, 5.41) is 0.686. The van der Waals surface area contributed by atoms with Gasteiger partial charge in [-0.15, -0.1) is 11.8 Å². The van der Waals surface area contributed by atoms with Crippen LogP contribution in [0.5, 0.6) is 0 Å². The highest BCUT2D eigenvalue weighted by molar-refractivity contribution is 7.98. The standard InChI is InChI=1S/C10H13ClN2O2S/c1-5(2)15-10(14)7-8(11)12-6(3)13-9(7)16-4/h5H,1-4H3. The highest BCUT2D eigenvalue weighted by Gasteiger charge is 2.20. The van der Waals surface area contributed by atoms with E-state index in [0.717, 1.165) is 0 Å². The minimum atomic E-state index is -0.482. The molecule has 88 valence electrons. The van der Waals surface area contributed by atoms with E-state index in [0.29, 0.717) is 10.9 Å². The molecule has 0 saturated heterocycles. The Bertz CT molecular complexity index is 410. The number of ether oxygens (including phenoxy) is 1. The topological polar surface area (TPSA) is 52.1 Å². The molecular formula is C10H13ClN2O2S. The number of hydrogen-bond acceptors (Lipinski definition) is 5. The summed E-state index contributed by atoms with van der Waals surface area (Å²) in [5.41, 5.74) is 0.244. The number of aryl methyl sites for hydroxylation is 1. The number of rotatable bonds is 3. The zero-order valence-electron chi connectivity index (χ0n) is 9.57. The van der Waals surface area contributed by atoms with Gasteiger partial charge >= 0.3 is 5.97 Å². The van der Waals surface area contributed by atoms with Crippen molar-refractivity contribution < 1.29 is 9.53 Å². The number of carbonyl (C=O) groups is 1. The van der Waals surface area contributed by atoms with Crippen LogP contribution in [0.2, 0.25) is 5.15 Å². The van der Waals surface area contributed by atoms with Crippen LogP contribution in [0.1, 0.15) is 30.0 Å². The molecule has 16 heavy (non-hydrogen) atoms. The van der Waals surface area contributed by atoms with Crippen molar-refractivity contribution in [2.75, 3.05) is 6.26 Å². The quantitative estimate of drug-likeness (QED) is 0.475. The molecule has 0 spiro atoms. The third-order valence-electron chi connectivity index (χ3n) is 1.68. The fraction of sp³-hybridized carbons (Fsp3) is 0.500. The molecular weight excluding hydrogens is 248 g/mol. The molecule has 0 N–H and O–H groups in total. The van der Waals surface area contributed by atoms with Crippen LogP contribution in [0.3, 0.4) is 0 Å². The number of nitrogens with zero attached hydrogens (tertiary/aromatic N) is 2. The lowest BCUT2D eigenvalue weighted by molar-refractivity contribution is 0.0372. The largest absolute Gasteiger partial charge is 0.459 e. The summed E-state index contributed by atoms with van der Waals surface area (Å²) in [6.07, 6.45) is 1.63. The van der Waals surface area contributed by atoms with E-state index in [1.54, 1.807) is 20.8 Å². The lowest BCUT2D eigenvalue weighted by Gasteiger charge is -2.11. The summed E-state index contributed by atoms with van der Waals surface area (Å²) in [6.45, 7) is 5.28. The van der Waals surface area contributed by atoms with Gasteiger partial charge in [-0.2, -0.15) is 0 Å². The van der Waals surface area contributed by atoms with Crippen LogP contribution in [-0.4, -0.2) is 28.3 Å². The Kier molecular flexibility index (Phi) is 4.56. The predicted octanol–water partition coefficient (Wildman–Crippen LogP) is 2.73. The Morgan fingerprint density at radius 2 is 2.06 bits per heavy atom. The summed E-state index contributed by atoms with van der Waals surface area (Å²) >= 11 is 7.27. The maximum absolute atomic E-state index is 11.8. The molecule has 1 aromatic rings. The summed E-state index contributed by atoms with van der Waals surface area (Å²) in [4.78, 5) is 19.9. The molecule has 1 aromatic heterocycles. The van der Waals surface area contributed by atoms with Gasteiger partial charge in [-0.1, -0.05) is 11.6 Å². The lowest BCUT2D eigenvalue weighted by Crippen LogP contribution is -2.14. The normalized spacial score (nSPS) is 10.6. The highest BCUT2D eigenvalue weighted by Crippen LogP contribution is 2.25. The minimum absolute atomic E-state index is 0.141. The average Bonchev–Trinajstić information content (AvgIpc) is 2.14. The maximum atomic E-state index is 11.8. The fourth-order valence-electron chi connectivity index (χ4n) is 1.11. The van der Waals surface area contributed by atoms with E-state index in [9.17, 15) is 4.79 Å². The van der Waals surface area contributed by atoms with E-state index in [4.69, 9.17) is 16.3 Å². The van der Waals surface area contributed by atoms with Gasteiger partial charge in [0.15, 0.2) is 0 Å². The number of thioether (sulfide) groups is 1. The first-order valence-corrected chi connectivity index (χ1v) is 6.35. The van der Waals surface area contributed by atoms with E-state index in [-0.39, 0.29) is 16.8 Å². The Morgan fingerprint density at radius 1 is 1.44 bits per heavy atom. The SMILES string of the molecule is CSc1nc(C)nc(Cl)c1C(=O)OC(C)C. The molecule has 0 radical (unpaired) electrons. The molecule has 4 nitrogen and oxygen atoms in total. The first-order valence-electron chi connectivity index (χ1n) is 4.74. The summed E-state index contributed by atoms with van der Waals surface area (Å²) in [5.74, 6) is 0.0554. The second kappa shape index (κ2) is 5.50. The molecule has 0 unspecified atom stereocenters. The molecule has 0 saturated carbocycles. The van der Waals surface area contributed by atoms with E-state index in [1.165, 1.54) is 11.8 Å². The summed E-state index contributed by atoms with van der Waals surface area (Å²) < 4.78 is 5.08. The molecule has 0 aliphatic heterocycles. The van der Waals surface area contributed by atoms with Crippen LogP contribution in [0.15, 0.2) is 5.03 Å².